The van der Waals surface area contributed by atoms with Gasteiger partial charge in [-0.1, -0.05) is 13.0 Å². The molecule has 0 bridgehead atoms. The maximum atomic E-state index is 10.9. The number of hydrogen-bond acceptors (Lipinski definition) is 5. The maximum Gasteiger partial charge on any atom is 0.276 e. The molecule has 0 saturated carbocycles. The van der Waals surface area contributed by atoms with E-state index in [1.165, 1.54) is 6.07 Å². The van der Waals surface area contributed by atoms with Crippen LogP contribution >= 0.6 is 0 Å². The van der Waals surface area contributed by atoms with E-state index in [0.717, 1.165) is 12.1 Å². The molecule has 0 spiro atoms. The van der Waals surface area contributed by atoms with Crippen molar-refractivity contribution in [2.75, 3.05) is 6.54 Å². The molecule has 110 valence electrons. The lowest BCUT2D eigenvalue weighted by molar-refractivity contribution is -0.385. The number of aromatic nitrogens is 1. The van der Waals surface area contributed by atoms with Gasteiger partial charge < -0.3 is 10.1 Å². The molecule has 21 heavy (non-hydrogen) atoms. The highest BCUT2D eigenvalue weighted by molar-refractivity contribution is 5.49. The first-order valence-corrected chi connectivity index (χ1v) is 6.68. The molecule has 6 heteroatoms. The van der Waals surface area contributed by atoms with Crippen LogP contribution in [0.5, 0.6) is 11.5 Å². The first-order valence-electron chi connectivity index (χ1n) is 6.68. The summed E-state index contributed by atoms with van der Waals surface area (Å²) >= 11 is 0. The van der Waals surface area contributed by atoms with Gasteiger partial charge in [0.2, 0.25) is 0 Å². The van der Waals surface area contributed by atoms with Crippen molar-refractivity contribution in [2.45, 2.75) is 20.4 Å². The van der Waals surface area contributed by atoms with Gasteiger partial charge in [-0.2, -0.15) is 0 Å². The fraction of sp³-hybridized carbons (Fsp3) is 0.267. The summed E-state index contributed by atoms with van der Waals surface area (Å²) in [6.07, 6.45) is 3.35. The third-order valence-corrected chi connectivity index (χ3v) is 3.03. The quantitative estimate of drug-likeness (QED) is 0.652. The fourth-order valence-corrected chi connectivity index (χ4v) is 1.92. The van der Waals surface area contributed by atoms with Crippen LogP contribution in [-0.2, 0) is 6.54 Å². The minimum absolute atomic E-state index is 0.0456. The van der Waals surface area contributed by atoms with Gasteiger partial charge in [-0.15, -0.1) is 0 Å². The largest absolute Gasteiger partial charge is 0.455 e. The molecule has 1 N–H and O–H groups in total. The Kier molecular flexibility index (Phi) is 4.84. The van der Waals surface area contributed by atoms with Gasteiger partial charge >= 0.3 is 0 Å². The Labute approximate surface area is 122 Å². The van der Waals surface area contributed by atoms with Crippen LogP contribution in [0.3, 0.4) is 0 Å². The van der Waals surface area contributed by atoms with Crippen LogP contribution in [0, 0.1) is 17.0 Å². The highest BCUT2D eigenvalue weighted by Gasteiger charge is 2.14. The molecular weight excluding hydrogens is 270 g/mol. The summed E-state index contributed by atoms with van der Waals surface area (Å²) in [5.74, 6) is 1.03. The standard InChI is InChI=1S/C15H17N3O3/c1-3-16-8-12-7-13(10-17-9-12)21-15-6-4-5-14(11(15)2)18(19)20/h4-7,9-10,16H,3,8H2,1-2H3. The van der Waals surface area contributed by atoms with Gasteiger partial charge in [-0.05, 0) is 31.2 Å². The summed E-state index contributed by atoms with van der Waals surface area (Å²) in [5, 5.41) is 14.1. The zero-order valence-corrected chi connectivity index (χ0v) is 12.0. The first kappa shape index (κ1) is 14.9. The Bertz CT molecular complexity index is 644. The van der Waals surface area contributed by atoms with Gasteiger partial charge in [0.1, 0.15) is 11.5 Å². The van der Waals surface area contributed by atoms with Crippen LogP contribution in [0.25, 0.3) is 0 Å². The molecule has 0 fully saturated rings. The van der Waals surface area contributed by atoms with Crippen LogP contribution in [0.4, 0.5) is 5.69 Å². The molecular formula is C15H17N3O3. The number of benzene rings is 1. The summed E-state index contributed by atoms with van der Waals surface area (Å²) in [7, 11) is 0. The van der Waals surface area contributed by atoms with Gasteiger partial charge in [0.15, 0.2) is 0 Å². The first-order chi connectivity index (χ1) is 10.1. The van der Waals surface area contributed by atoms with Gasteiger partial charge in [0.05, 0.1) is 16.7 Å². The van der Waals surface area contributed by atoms with Gasteiger partial charge in [-0.25, -0.2) is 0 Å². The number of nitro benzene ring substituents is 1. The van der Waals surface area contributed by atoms with E-state index in [4.69, 9.17) is 4.74 Å². The van der Waals surface area contributed by atoms with Gasteiger partial charge in [-0.3, -0.25) is 15.1 Å². The number of hydrogen-bond donors (Lipinski definition) is 1. The summed E-state index contributed by atoms with van der Waals surface area (Å²) in [6.45, 7) is 5.27. The zero-order chi connectivity index (χ0) is 15.2. The summed E-state index contributed by atoms with van der Waals surface area (Å²) in [4.78, 5) is 14.6. The van der Waals surface area contributed by atoms with Crippen molar-refractivity contribution in [2.24, 2.45) is 0 Å². The number of pyridine rings is 1. The summed E-state index contributed by atoms with van der Waals surface area (Å²) < 4.78 is 5.73. The Morgan fingerprint density at radius 2 is 2.19 bits per heavy atom. The molecule has 0 unspecified atom stereocenters. The molecule has 0 amide bonds. The van der Waals surface area contributed by atoms with E-state index in [-0.39, 0.29) is 5.69 Å². The topological polar surface area (TPSA) is 77.3 Å². The van der Waals surface area contributed by atoms with Crippen LogP contribution < -0.4 is 10.1 Å². The van der Waals surface area contributed by atoms with Crippen molar-refractivity contribution in [3.8, 4) is 11.5 Å². The van der Waals surface area contributed by atoms with E-state index in [0.29, 0.717) is 23.6 Å². The summed E-state index contributed by atoms with van der Waals surface area (Å²) in [6, 6.07) is 6.64. The second-order valence-corrected chi connectivity index (χ2v) is 4.57. The minimum atomic E-state index is -0.415. The molecule has 2 aromatic rings. The molecule has 1 aromatic carbocycles. The van der Waals surface area contributed by atoms with Crippen molar-refractivity contribution in [3.05, 3.63) is 57.9 Å². The fourth-order valence-electron chi connectivity index (χ4n) is 1.92. The van der Waals surface area contributed by atoms with Crippen molar-refractivity contribution in [1.82, 2.24) is 10.3 Å². The number of nitro groups is 1. The number of ether oxygens (including phenoxy) is 1. The van der Waals surface area contributed by atoms with Crippen molar-refractivity contribution in [3.63, 3.8) is 0 Å². The monoisotopic (exact) mass is 287 g/mol. The molecule has 2 rings (SSSR count). The Hall–Kier alpha value is -2.47. The van der Waals surface area contributed by atoms with E-state index < -0.39 is 4.92 Å². The lowest BCUT2D eigenvalue weighted by Crippen LogP contribution is -2.11. The lowest BCUT2D eigenvalue weighted by Gasteiger charge is -2.09. The smallest absolute Gasteiger partial charge is 0.276 e. The molecule has 0 aliphatic rings. The molecule has 0 aliphatic carbocycles. The lowest BCUT2D eigenvalue weighted by atomic mass is 10.2. The van der Waals surface area contributed by atoms with Gasteiger partial charge in [0.25, 0.3) is 5.69 Å². The van der Waals surface area contributed by atoms with Crippen LogP contribution in [-0.4, -0.2) is 16.5 Å². The molecule has 1 aromatic heterocycles. The van der Waals surface area contributed by atoms with Crippen LogP contribution in [0.1, 0.15) is 18.1 Å². The van der Waals surface area contributed by atoms with Crippen molar-refractivity contribution >= 4 is 5.69 Å². The van der Waals surface area contributed by atoms with Crippen LogP contribution in [0.15, 0.2) is 36.7 Å². The van der Waals surface area contributed by atoms with Crippen LogP contribution in [0.2, 0.25) is 0 Å². The average molecular weight is 287 g/mol. The molecule has 6 nitrogen and oxygen atoms in total. The van der Waals surface area contributed by atoms with Crippen molar-refractivity contribution < 1.29 is 9.66 Å². The van der Waals surface area contributed by atoms with Crippen molar-refractivity contribution in [1.29, 1.82) is 0 Å². The normalized spacial score (nSPS) is 10.4. The minimum Gasteiger partial charge on any atom is -0.455 e. The number of nitrogens with zero attached hydrogens (tertiary/aromatic N) is 2. The molecule has 0 atom stereocenters. The SMILES string of the molecule is CCNCc1cncc(Oc2cccc([N+](=O)[O-])c2C)c1. The Balaban J connectivity index is 2.22. The highest BCUT2D eigenvalue weighted by atomic mass is 16.6. The highest BCUT2D eigenvalue weighted by Crippen LogP contribution is 2.30. The van der Waals surface area contributed by atoms with E-state index in [1.54, 1.807) is 31.5 Å². The van der Waals surface area contributed by atoms with E-state index in [2.05, 4.69) is 10.3 Å². The molecule has 0 radical (unpaired) electrons. The van der Waals surface area contributed by atoms with E-state index in [9.17, 15) is 10.1 Å². The predicted octanol–water partition coefficient (Wildman–Crippen LogP) is 3.20. The Morgan fingerprint density at radius 1 is 1.38 bits per heavy atom. The number of rotatable bonds is 6. The average Bonchev–Trinajstić information content (AvgIpc) is 2.47. The third kappa shape index (κ3) is 3.76. The maximum absolute atomic E-state index is 10.9. The zero-order valence-electron chi connectivity index (χ0n) is 12.0. The predicted molar refractivity (Wildman–Crippen MR) is 79.5 cm³/mol. The van der Waals surface area contributed by atoms with Gasteiger partial charge in [0, 0.05) is 18.8 Å². The second kappa shape index (κ2) is 6.81. The second-order valence-electron chi connectivity index (χ2n) is 4.57. The molecule has 1 heterocycles. The third-order valence-electron chi connectivity index (χ3n) is 3.03. The molecule has 0 aliphatic heterocycles. The van der Waals surface area contributed by atoms with E-state index >= 15 is 0 Å². The number of nitrogens with one attached hydrogen (secondary N) is 1. The molecule has 0 saturated heterocycles. The van der Waals surface area contributed by atoms with E-state index in [1.807, 2.05) is 13.0 Å². The summed E-state index contributed by atoms with van der Waals surface area (Å²) in [5.41, 5.74) is 1.54. The Morgan fingerprint density at radius 3 is 2.90 bits per heavy atom.